The molecule has 8 heteroatoms. The molecule has 1 aromatic heterocycles. The van der Waals surface area contributed by atoms with Crippen LogP contribution in [0, 0.1) is 10.1 Å². The van der Waals surface area contributed by atoms with Crippen molar-refractivity contribution in [2.45, 2.75) is 18.9 Å². The number of nitrogens with one attached hydrogen (secondary N) is 1. The monoisotopic (exact) mass is 366 g/mol. The van der Waals surface area contributed by atoms with E-state index < -0.39 is 4.92 Å². The fraction of sp³-hybridized carbons (Fsp3) is 0.263. The third-order valence-electron chi connectivity index (χ3n) is 4.43. The van der Waals surface area contributed by atoms with Gasteiger partial charge >= 0.3 is 0 Å². The van der Waals surface area contributed by atoms with E-state index in [1.54, 1.807) is 12.1 Å². The second-order valence-corrected chi connectivity index (χ2v) is 6.28. The molecule has 1 saturated heterocycles. The zero-order valence-corrected chi connectivity index (χ0v) is 14.5. The van der Waals surface area contributed by atoms with Crippen LogP contribution in [0.4, 0.5) is 11.4 Å². The zero-order chi connectivity index (χ0) is 18.6. The van der Waals surface area contributed by atoms with Crippen molar-refractivity contribution in [1.29, 1.82) is 0 Å². The fourth-order valence-corrected chi connectivity index (χ4v) is 3.03. The predicted molar refractivity (Wildman–Crippen MR) is 99.3 cm³/mol. The predicted octanol–water partition coefficient (Wildman–Crippen LogP) is 3.90. The number of benzene rings is 2. The van der Waals surface area contributed by atoms with Crippen molar-refractivity contribution in [3.63, 3.8) is 0 Å². The lowest BCUT2D eigenvalue weighted by Crippen LogP contribution is -2.18. The molecule has 1 aliphatic heterocycles. The van der Waals surface area contributed by atoms with Crippen molar-refractivity contribution in [2.75, 3.05) is 18.5 Å². The van der Waals surface area contributed by atoms with Crippen LogP contribution in [0.2, 0.25) is 0 Å². The first-order chi connectivity index (χ1) is 13.2. The molecule has 3 aromatic rings. The summed E-state index contributed by atoms with van der Waals surface area (Å²) in [5, 5.41) is 22.7. The van der Waals surface area contributed by atoms with E-state index in [2.05, 4.69) is 15.5 Å². The van der Waals surface area contributed by atoms with Crippen LogP contribution >= 0.6 is 0 Å². The summed E-state index contributed by atoms with van der Waals surface area (Å²) in [4.78, 5) is 11.1. The van der Waals surface area contributed by atoms with Gasteiger partial charge in [-0.1, -0.05) is 18.2 Å². The van der Waals surface area contributed by atoms with Crippen LogP contribution in [0.3, 0.4) is 0 Å². The highest BCUT2D eigenvalue weighted by molar-refractivity contribution is 5.70. The molecule has 4 rings (SSSR count). The molecule has 1 aliphatic rings. The molecule has 1 fully saturated rings. The Morgan fingerprint density at radius 1 is 1.11 bits per heavy atom. The molecule has 1 N–H and O–H groups in total. The number of hydrogen-bond acceptors (Lipinski definition) is 7. The molecule has 0 bridgehead atoms. The van der Waals surface area contributed by atoms with E-state index in [1.165, 1.54) is 6.07 Å². The Morgan fingerprint density at radius 2 is 1.89 bits per heavy atom. The zero-order valence-electron chi connectivity index (χ0n) is 14.5. The van der Waals surface area contributed by atoms with Crippen molar-refractivity contribution in [3.8, 4) is 22.9 Å². The number of anilines is 1. The first kappa shape index (κ1) is 17.2. The molecule has 0 amide bonds. The quantitative estimate of drug-likeness (QED) is 0.521. The third-order valence-corrected chi connectivity index (χ3v) is 4.43. The standard InChI is InChI=1S/C19H18N4O4/c24-23(25)17-11-14(8-9-16(17)20-12-15-7-4-10-26-15)19-22-21-18(27-19)13-5-2-1-3-6-13/h1-3,5-6,8-9,11,15,20H,4,7,10,12H2/t15-/m1/s1. The van der Waals surface area contributed by atoms with Crippen LogP contribution in [-0.4, -0.2) is 34.4 Å². The minimum Gasteiger partial charge on any atom is -0.416 e. The topological polar surface area (TPSA) is 103 Å². The maximum Gasteiger partial charge on any atom is 0.293 e. The van der Waals surface area contributed by atoms with Crippen molar-refractivity contribution in [2.24, 2.45) is 0 Å². The number of nitro benzene ring substituents is 1. The smallest absolute Gasteiger partial charge is 0.293 e. The maximum absolute atomic E-state index is 11.5. The number of ether oxygens (including phenoxy) is 1. The molecule has 2 aromatic carbocycles. The second kappa shape index (κ2) is 7.55. The SMILES string of the molecule is O=[N+]([O-])c1cc(-c2nnc(-c3ccccc3)o2)ccc1NC[C@H]1CCCO1. The average molecular weight is 366 g/mol. The summed E-state index contributed by atoms with van der Waals surface area (Å²) in [7, 11) is 0. The summed E-state index contributed by atoms with van der Waals surface area (Å²) in [6.45, 7) is 1.28. The van der Waals surface area contributed by atoms with E-state index in [9.17, 15) is 10.1 Å². The Balaban J connectivity index is 1.57. The highest BCUT2D eigenvalue weighted by Crippen LogP contribution is 2.31. The van der Waals surface area contributed by atoms with E-state index in [-0.39, 0.29) is 17.7 Å². The number of rotatable bonds is 6. The van der Waals surface area contributed by atoms with Crippen LogP contribution in [0.25, 0.3) is 22.9 Å². The maximum atomic E-state index is 11.5. The highest BCUT2D eigenvalue weighted by Gasteiger charge is 2.20. The molecule has 0 radical (unpaired) electrons. The van der Waals surface area contributed by atoms with Gasteiger partial charge in [0.15, 0.2) is 0 Å². The van der Waals surface area contributed by atoms with Gasteiger partial charge in [-0.3, -0.25) is 10.1 Å². The molecular weight excluding hydrogens is 348 g/mol. The van der Waals surface area contributed by atoms with Crippen molar-refractivity contribution in [1.82, 2.24) is 10.2 Å². The average Bonchev–Trinajstić information content (AvgIpc) is 3.39. The molecule has 0 saturated carbocycles. The van der Waals surface area contributed by atoms with E-state index >= 15 is 0 Å². The van der Waals surface area contributed by atoms with Crippen molar-refractivity contribution < 1.29 is 14.1 Å². The summed E-state index contributed by atoms with van der Waals surface area (Å²) in [6, 6.07) is 14.2. The van der Waals surface area contributed by atoms with Crippen LogP contribution < -0.4 is 5.32 Å². The number of nitro groups is 1. The Labute approximate surface area is 155 Å². The summed E-state index contributed by atoms with van der Waals surface area (Å²) in [6.07, 6.45) is 2.07. The summed E-state index contributed by atoms with van der Waals surface area (Å²) in [5.41, 5.74) is 1.70. The van der Waals surface area contributed by atoms with Gasteiger partial charge in [-0.15, -0.1) is 10.2 Å². The van der Waals surface area contributed by atoms with Gasteiger partial charge in [0, 0.05) is 30.3 Å². The van der Waals surface area contributed by atoms with E-state index in [1.807, 2.05) is 30.3 Å². The van der Waals surface area contributed by atoms with Crippen molar-refractivity contribution >= 4 is 11.4 Å². The van der Waals surface area contributed by atoms with E-state index in [0.29, 0.717) is 23.7 Å². The Bertz CT molecular complexity index is 936. The lowest BCUT2D eigenvalue weighted by Gasteiger charge is -2.12. The van der Waals surface area contributed by atoms with Gasteiger partial charge in [-0.25, -0.2) is 0 Å². The van der Waals surface area contributed by atoms with Crippen LogP contribution in [-0.2, 0) is 4.74 Å². The van der Waals surface area contributed by atoms with Crippen molar-refractivity contribution in [3.05, 3.63) is 58.6 Å². The molecule has 1 atom stereocenters. The summed E-state index contributed by atoms with van der Waals surface area (Å²) < 4.78 is 11.2. The minimum atomic E-state index is -0.421. The molecular formula is C19H18N4O4. The lowest BCUT2D eigenvalue weighted by molar-refractivity contribution is -0.383. The molecule has 8 nitrogen and oxygen atoms in total. The first-order valence-corrected chi connectivity index (χ1v) is 8.74. The second-order valence-electron chi connectivity index (χ2n) is 6.28. The number of hydrogen-bond donors (Lipinski definition) is 1. The first-order valence-electron chi connectivity index (χ1n) is 8.74. The lowest BCUT2D eigenvalue weighted by atomic mass is 10.1. The van der Waals surface area contributed by atoms with Crippen LogP contribution in [0.15, 0.2) is 52.9 Å². The van der Waals surface area contributed by atoms with Gasteiger partial charge in [-0.2, -0.15) is 0 Å². The number of aromatic nitrogens is 2. The molecule has 0 aliphatic carbocycles. The van der Waals surface area contributed by atoms with Crippen LogP contribution in [0.5, 0.6) is 0 Å². The highest BCUT2D eigenvalue weighted by atomic mass is 16.6. The Hall–Kier alpha value is -3.26. The minimum absolute atomic E-state index is 0.0371. The van der Waals surface area contributed by atoms with Gasteiger partial charge in [0.2, 0.25) is 11.8 Å². The Morgan fingerprint density at radius 3 is 2.59 bits per heavy atom. The molecule has 0 unspecified atom stereocenters. The van der Waals surface area contributed by atoms with Gasteiger partial charge in [-0.05, 0) is 37.1 Å². The molecule has 27 heavy (non-hydrogen) atoms. The van der Waals surface area contributed by atoms with Gasteiger partial charge in [0.05, 0.1) is 11.0 Å². The summed E-state index contributed by atoms with van der Waals surface area (Å²) in [5.74, 6) is 0.608. The molecule has 138 valence electrons. The van der Waals surface area contributed by atoms with Crippen LogP contribution in [0.1, 0.15) is 12.8 Å². The number of nitrogens with zero attached hydrogens (tertiary/aromatic N) is 3. The normalized spacial score (nSPS) is 16.4. The Kier molecular flexibility index (Phi) is 4.80. The van der Waals surface area contributed by atoms with Gasteiger partial charge in [0.1, 0.15) is 5.69 Å². The third kappa shape index (κ3) is 3.80. The summed E-state index contributed by atoms with van der Waals surface area (Å²) >= 11 is 0. The fourth-order valence-electron chi connectivity index (χ4n) is 3.03. The molecule has 2 heterocycles. The largest absolute Gasteiger partial charge is 0.416 e. The van der Waals surface area contributed by atoms with Gasteiger partial charge in [0.25, 0.3) is 5.69 Å². The van der Waals surface area contributed by atoms with E-state index in [0.717, 1.165) is 25.0 Å². The van der Waals surface area contributed by atoms with E-state index in [4.69, 9.17) is 9.15 Å². The molecule has 0 spiro atoms. The van der Waals surface area contributed by atoms with Gasteiger partial charge < -0.3 is 14.5 Å².